The van der Waals surface area contributed by atoms with Gasteiger partial charge in [-0.1, -0.05) is 12.1 Å². The fraction of sp³-hybridized carbons (Fsp3) is 0.533. The summed E-state index contributed by atoms with van der Waals surface area (Å²) >= 11 is 0. The predicted molar refractivity (Wildman–Crippen MR) is 78.1 cm³/mol. The molecule has 1 fully saturated rings. The second-order valence-corrected chi connectivity index (χ2v) is 5.05. The highest BCUT2D eigenvalue weighted by Crippen LogP contribution is 2.12. The van der Waals surface area contributed by atoms with Crippen molar-refractivity contribution in [1.29, 1.82) is 0 Å². The van der Waals surface area contributed by atoms with Gasteiger partial charge in [0.05, 0.1) is 18.8 Å². The van der Waals surface area contributed by atoms with Gasteiger partial charge in [0.2, 0.25) is 5.91 Å². The fourth-order valence-corrected chi connectivity index (χ4v) is 2.18. The quantitative estimate of drug-likeness (QED) is 0.619. The van der Waals surface area contributed by atoms with Crippen LogP contribution in [0.2, 0.25) is 0 Å². The molecule has 1 saturated heterocycles. The Morgan fingerprint density at radius 1 is 1.38 bits per heavy atom. The van der Waals surface area contributed by atoms with Crippen molar-refractivity contribution in [3.63, 3.8) is 0 Å². The zero-order chi connectivity index (χ0) is 15.1. The summed E-state index contributed by atoms with van der Waals surface area (Å²) in [6.07, 6.45) is 0.0438. The van der Waals surface area contributed by atoms with Gasteiger partial charge in [-0.05, 0) is 24.1 Å². The van der Waals surface area contributed by atoms with Crippen LogP contribution in [0.3, 0.4) is 0 Å². The lowest BCUT2D eigenvalue weighted by atomic mass is 10.1. The number of β-amino-alcohol motifs (C(OH)–C–C–N with tert-alkyl or cyclic N) is 1. The first-order chi connectivity index (χ1) is 10.2. The molecule has 1 aliphatic heterocycles. The van der Waals surface area contributed by atoms with Crippen LogP contribution >= 0.6 is 0 Å². The number of ether oxygens (including phenoxy) is 2. The normalized spacial score (nSPS) is 21.2. The van der Waals surface area contributed by atoms with Crippen LogP contribution in [0.25, 0.3) is 0 Å². The summed E-state index contributed by atoms with van der Waals surface area (Å²) in [6, 6.07) is 7.28. The molecular weight excluding hydrogens is 272 g/mol. The summed E-state index contributed by atoms with van der Waals surface area (Å²) in [5.74, 6) is 0.703. The third kappa shape index (κ3) is 5.00. The number of amides is 1. The Balaban J connectivity index is 1.74. The molecule has 0 spiro atoms. The molecule has 1 heterocycles. The third-order valence-electron chi connectivity index (χ3n) is 3.37. The number of hydrogen-bond acceptors (Lipinski definition) is 5. The molecule has 0 bridgehead atoms. The van der Waals surface area contributed by atoms with E-state index in [1.54, 1.807) is 7.11 Å². The number of carbonyl (C=O) groups is 1. The molecule has 0 saturated carbocycles. The lowest BCUT2D eigenvalue weighted by Crippen LogP contribution is -2.39. The van der Waals surface area contributed by atoms with Gasteiger partial charge in [-0.3, -0.25) is 4.79 Å². The molecular formula is C15H22N2O4. The highest BCUT2D eigenvalue weighted by molar-refractivity contribution is 5.82. The lowest BCUT2D eigenvalue weighted by Gasteiger charge is -2.11. The number of benzene rings is 1. The fourth-order valence-electron chi connectivity index (χ4n) is 2.18. The molecule has 0 radical (unpaired) electrons. The monoisotopic (exact) mass is 294 g/mol. The largest absolute Gasteiger partial charge is 0.491 e. The lowest BCUT2D eigenvalue weighted by molar-refractivity contribution is -0.123. The highest BCUT2D eigenvalue weighted by Gasteiger charge is 2.27. The number of methoxy groups -OCH3 is 1. The van der Waals surface area contributed by atoms with Gasteiger partial charge in [0.1, 0.15) is 12.4 Å². The molecule has 21 heavy (non-hydrogen) atoms. The van der Waals surface area contributed by atoms with Crippen LogP contribution in [0.4, 0.5) is 0 Å². The van der Waals surface area contributed by atoms with Crippen LogP contribution in [0.15, 0.2) is 24.3 Å². The number of nitrogens with one attached hydrogen (secondary N) is 2. The first kappa shape index (κ1) is 15.8. The van der Waals surface area contributed by atoms with Gasteiger partial charge < -0.3 is 25.2 Å². The van der Waals surface area contributed by atoms with Crippen molar-refractivity contribution in [2.24, 2.45) is 0 Å². The Morgan fingerprint density at radius 3 is 2.76 bits per heavy atom. The summed E-state index contributed by atoms with van der Waals surface area (Å²) in [5.41, 5.74) is 1.00. The SMILES string of the molecule is COCCOc1ccc(CNC(=O)[C@H]2C[C@@H](O)CN2)cc1. The standard InChI is InChI=1S/C15H22N2O4/c1-20-6-7-21-13-4-2-11(3-5-13)9-17-15(19)14-8-12(18)10-16-14/h2-5,12,14,16,18H,6-10H2,1H3,(H,17,19)/t12-,14-/m1/s1. The maximum Gasteiger partial charge on any atom is 0.237 e. The molecule has 6 nitrogen and oxygen atoms in total. The number of carbonyl (C=O) groups excluding carboxylic acids is 1. The zero-order valence-corrected chi connectivity index (χ0v) is 12.2. The molecule has 1 aromatic rings. The summed E-state index contributed by atoms with van der Waals surface area (Å²) in [7, 11) is 1.63. The Labute approximate surface area is 124 Å². The molecule has 2 rings (SSSR count). The van der Waals surface area contributed by atoms with Gasteiger partial charge in [0.25, 0.3) is 0 Å². The minimum atomic E-state index is -0.427. The van der Waals surface area contributed by atoms with E-state index in [1.807, 2.05) is 24.3 Å². The molecule has 0 unspecified atom stereocenters. The molecule has 1 amide bonds. The molecule has 2 atom stereocenters. The Morgan fingerprint density at radius 2 is 2.14 bits per heavy atom. The molecule has 0 aromatic heterocycles. The van der Waals surface area contributed by atoms with Crippen LogP contribution in [-0.4, -0.2) is 50.0 Å². The summed E-state index contributed by atoms with van der Waals surface area (Å²) in [6.45, 7) is 2.01. The van der Waals surface area contributed by atoms with E-state index in [2.05, 4.69) is 10.6 Å². The summed E-state index contributed by atoms with van der Waals surface area (Å²) < 4.78 is 10.4. The third-order valence-corrected chi connectivity index (χ3v) is 3.37. The molecule has 0 aliphatic carbocycles. The number of aliphatic hydroxyl groups is 1. The van der Waals surface area contributed by atoms with E-state index < -0.39 is 6.10 Å². The average molecular weight is 294 g/mol. The Hall–Kier alpha value is -1.63. The summed E-state index contributed by atoms with van der Waals surface area (Å²) in [4.78, 5) is 11.9. The molecule has 1 aromatic carbocycles. The topological polar surface area (TPSA) is 79.8 Å². The van der Waals surface area contributed by atoms with E-state index in [-0.39, 0.29) is 11.9 Å². The predicted octanol–water partition coefficient (Wildman–Crippen LogP) is 0.0508. The minimum Gasteiger partial charge on any atom is -0.491 e. The van der Waals surface area contributed by atoms with E-state index >= 15 is 0 Å². The van der Waals surface area contributed by atoms with Crippen LogP contribution in [0.1, 0.15) is 12.0 Å². The van der Waals surface area contributed by atoms with Crippen molar-refractivity contribution in [3.05, 3.63) is 29.8 Å². The minimum absolute atomic E-state index is 0.0769. The Kier molecular flexibility index (Phi) is 5.98. The molecule has 1 aliphatic rings. The number of rotatable bonds is 7. The highest BCUT2D eigenvalue weighted by atomic mass is 16.5. The van der Waals surface area contributed by atoms with Crippen molar-refractivity contribution in [2.45, 2.75) is 25.1 Å². The van der Waals surface area contributed by atoms with Crippen LogP contribution in [-0.2, 0) is 16.1 Å². The van der Waals surface area contributed by atoms with Crippen LogP contribution in [0.5, 0.6) is 5.75 Å². The van der Waals surface area contributed by atoms with Crippen molar-refractivity contribution in [1.82, 2.24) is 10.6 Å². The zero-order valence-electron chi connectivity index (χ0n) is 12.2. The van der Waals surface area contributed by atoms with E-state index in [9.17, 15) is 9.90 Å². The van der Waals surface area contributed by atoms with Gasteiger partial charge in [0, 0.05) is 20.2 Å². The first-order valence-corrected chi connectivity index (χ1v) is 7.09. The van der Waals surface area contributed by atoms with E-state index in [1.165, 1.54) is 0 Å². The molecule has 6 heteroatoms. The maximum atomic E-state index is 11.9. The first-order valence-electron chi connectivity index (χ1n) is 7.09. The van der Waals surface area contributed by atoms with Crippen molar-refractivity contribution in [3.8, 4) is 5.75 Å². The van der Waals surface area contributed by atoms with E-state index in [0.29, 0.717) is 32.7 Å². The van der Waals surface area contributed by atoms with Crippen molar-refractivity contribution >= 4 is 5.91 Å². The molecule has 3 N–H and O–H groups in total. The average Bonchev–Trinajstić information content (AvgIpc) is 2.93. The summed E-state index contributed by atoms with van der Waals surface area (Å²) in [5, 5.41) is 15.2. The Bertz CT molecular complexity index is 449. The van der Waals surface area contributed by atoms with Gasteiger partial charge in [-0.25, -0.2) is 0 Å². The van der Waals surface area contributed by atoms with E-state index in [0.717, 1.165) is 11.3 Å². The van der Waals surface area contributed by atoms with Crippen LogP contribution < -0.4 is 15.4 Å². The second kappa shape index (κ2) is 7.97. The maximum absolute atomic E-state index is 11.9. The van der Waals surface area contributed by atoms with Gasteiger partial charge >= 0.3 is 0 Å². The smallest absolute Gasteiger partial charge is 0.237 e. The number of aliphatic hydroxyl groups excluding tert-OH is 1. The van der Waals surface area contributed by atoms with Gasteiger partial charge in [-0.2, -0.15) is 0 Å². The van der Waals surface area contributed by atoms with Crippen molar-refractivity contribution in [2.75, 3.05) is 26.9 Å². The van der Waals surface area contributed by atoms with Gasteiger partial charge in [0.15, 0.2) is 0 Å². The second-order valence-electron chi connectivity index (χ2n) is 5.05. The van der Waals surface area contributed by atoms with Crippen molar-refractivity contribution < 1.29 is 19.4 Å². The molecule has 116 valence electrons. The van der Waals surface area contributed by atoms with Gasteiger partial charge in [-0.15, -0.1) is 0 Å². The van der Waals surface area contributed by atoms with Crippen LogP contribution in [0, 0.1) is 0 Å². The number of hydrogen-bond donors (Lipinski definition) is 3. The van der Waals surface area contributed by atoms with E-state index in [4.69, 9.17) is 9.47 Å².